The number of ether oxygens (including phenoxy) is 1. The summed E-state index contributed by atoms with van der Waals surface area (Å²) >= 11 is 6.03. The van der Waals surface area contributed by atoms with Crippen molar-refractivity contribution in [2.24, 2.45) is 0 Å². The lowest BCUT2D eigenvalue weighted by atomic mass is 10.1. The van der Waals surface area contributed by atoms with Crippen LogP contribution in [-0.4, -0.2) is 36.9 Å². The molecule has 2 amide bonds. The zero-order valence-electron chi connectivity index (χ0n) is 14.6. The SMILES string of the molecule is COc1ccc(NC(=O)CN(CCc2ccccc2F)C(C)=O)cc1Cl. The van der Waals surface area contributed by atoms with Crippen LogP contribution in [0.1, 0.15) is 12.5 Å². The van der Waals surface area contributed by atoms with Gasteiger partial charge in [-0.3, -0.25) is 9.59 Å². The van der Waals surface area contributed by atoms with Crippen LogP contribution in [-0.2, 0) is 16.0 Å². The van der Waals surface area contributed by atoms with Crippen LogP contribution in [0.5, 0.6) is 5.75 Å². The Morgan fingerprint density at radius 2 is 1.96 bits per heavy atom. The van der Waals surface area contributed by atoms with Gasteiger partial charge in [0.15, 0.2) is 0 Å². The van der Waals surface area contributed by atoms with Gasteiger partial charge in [-0.1, -0.05) is 29.8 Å². The molecule has 0 aliphatic heterocycles. The maximum atomic E-state index is 13.7. The molecule has 0 heterocycles. The summed E-state index contributed by atoms with van der Waals surface area (Å²) in [7, 11) is 1.50. The summed E-state index contributed by atoms with van der Waals surface area (Å²) in [6, 6.07) is 11.2. The summed E-state index contributed by atoms with van der Waals surface area (Å²) in [5.74, 6) is -0.451. The van der Waals surface area contributed by atoms with Crippen LogP contribution in [0.25, 0.3) is 0 Å². The Kier molecular flexibility index (Phi) is 6.97. The van der Waals surface area contributed by atoms with Gasteiger partial charge in [0.25, 0.3) is 0 Å². The van der Waals surface area contributed by atoms with E-state index in [1.807, 2.05) is 0 Å². The van der Waals surface area contributed by atoms with Gasteiger partial charge in [0.2, 0.25) is 11.8 Å². The Morgan fingerprint density at radius 3 is 2.58 bits per heavy atom. The third kappa shape index (κ3) is 5.46. The van der Waals surface area contributed by atoms with Crippen LogP contribution in [0, 0.1) is 5.82 Å². The second kappa shape index (κ2) is 9.20. The first-order chi connectivity index (χ1) is 12.4. The molecule has 5 nitrogen and oxygen atoms in total. The van der Waals surface area contributed by atoms with E-state index in [0.717, 1.165) is 0 Å². The van der Waals surface area contributed by atoms with Gasteiger partial charge < -0.3 is 15.0 Å². The summed E-state index contributed by atoms with van der Waals surface area (Å²) in [6.07, 6.45) is 0.327. The van der Waals surface area contributed by atoms with Gasteiger partial charge >= 0.3 is 0 Å². The van der Waals surface area contributed by atoms with Crippen LogP contribution < -0.4 is 10.1 Å². The molecule has 2 aromatic carbocycles. The Hall–Kier alpha value is -2.60. The number of carbonyl (C=O) groups excluding carboxylic acids is 2. The molecule has 2 rings (SSSR count). The average molecular weight is 379 g/mol. The van der Waals surface area contributed by atoms with E-state index >= 15 is 0 Å². The summed E-state index contributed by atoms with van der Waals surface area (Å²) in [4.78, 5) is 25.4. The van der Waals surface area contributed by atoms with Crippen LogP contribution >= 0.6 is 11.6 Å². The minimum absolute atomic E-state index is 0.132. The van der Waals surface area contributed by atoms with Crippen molar-refractivity contribution in [3.05, 3.63) is 58.9 Å². The average Bonchev–Trinajstić information content (AvgIpc) is 2.59. The molecule has 0 aromatic heterocycles. The largest absolute Gasteiger partial charge is 0.495 e. The Labute approximate surface area is 156 Å². The fourth-order valence-corrected chi connectivity index (χ4v) is 2.68. The predicted molar refractivity (Wildman–Crippen MR) is 99.0 cm³/mol. The number of hydrogen-bond acceptors (Lipinski definition) is 3. The topological polar surface area (TPSA) is 58.6 Å². The van der Waals surface area contributed by atoms with E-state index < -0.39 is 0 Å². The van der Waals surface area contributed by atoms with Gasteiger partial charge in [-0.25, -0.2) is 4.39 Å². The highest BCUT2D eigenvalue weighted by Gasteiger charge is 2.15. The van der Waals surface area contributed by atoms with Gasteiger partial charge in [-0.05, 0) is 36.2 Å². The Balaban J connectivity index is 1.96. The number of hydrogen-bond donors (Lipinski definition) is 1. The number of nitrogens with zero attached hydrogens (tertiary/aromatic N) is 1. The molecular weight excluding hydrogens is 359 g/mol. The second-order valence-electron chi connectivity index (χ2n) is 5.68. The molecule has 0 aliphatic rings. The van der Waals surface area contributed by atoms with E-state index in [2.05, 4.69) is 5.32 Å². The van der Waals surface area contributed by atoms with E-state index in [-0.39, 0.29) is 30.7 Å². The summed E-state index contributed by atoms with van der Waals surface area (Å²) in [5, 5.41) is 3.05. The number of methoxy groups -OCH3 is 1. The van der Waals surface area contributed by atoms with E-state index in [0.29, 0.717) is 28.4 Å². The highest BCUT2D eigenvalue weighted by atomic mass is 35.5. The zero-order chi connectivity index (χ0) is 19.1. The number of benzene rings is 2. The lowest BCUT2D eigenvalue weighted by Crippen LogP contribution is -2.38. The smallest absolute Gasteiger partial charge is 0.243 e. The summed E-state index contributed by atoms with van der Waals surface area (Å²) in [5.41, 5.74) is 1.000. The first-order valence-electron chi connectivity index (χ1n) is 8.03. The van der Waals surface area contributed by atoms with Crippen molar-refractivity contribution in [3.8, 4) is 5.75 Å². The third-order valence-corrected chi connectivity index (χ3v) is 4.12. The quantitative estimate of drug-likeness (QED) is 0.802. The molecule has 0 atom stereocenters. The van der Waals surface area contributed by atoms with E-state index in [9.17, 15) is 14.0 Å². The molecule has 7 heteroatoms. The van der Waals surface area contributed by atoms with Crippen molar-refractivity contribution >= 4 is 29.1 Å². The first-order valence-corrected chi connectivity index (χ1v) is 8.41. The van der Waals surface area contributed by atoms with Crippen LogP contribution in [0.2, 0.25) is 5.02 Å². The van der Waals surface area contributed by atoms with Crippen molar-refractivity contribution < 1.29 is 18.7 Å². The predicted octanol–water partition coefficient (Wildman–Crippen LogP) is 3.52. The van der Waals surface area contributed by atoms with Crippen molar-refractivity contribution in [3.63, 3.8) is 0 Å². The monoisotopic (exact) mass is 378 g/mol. The number of halogens is 2. The van der Waals surface area contributed by atoms with Crippen LogP contribution in [0.15, 0.2) is 42.5 Å². The Bertz CT molecular complexity index is 798. The molecule has 0 saturated heterocycles. The number of anilines is 1. The number of carbonyl (C=O) groups is 2. The standard InChI is InChI=1S/C19H20ClFN2O3/c1-13(24)23(10-9-14-5-3-4-6-17(14)21)12-19(25)22-15-7-8-18(26-2)16(20)11-15/h3-8,11H,9-10,12H2,1-2H3,(H,22,25). The lowest BCUT2D eigenvalue weighted by Gasteiger charge is -2.21. The molecular formula is C19H20ClFN2O3. The minimum atomic E-state index is -0.366. The van der Waals surface area contributed by atoms with E-state index in [1.165, 1.54) is 25.0 Å². The molecule has 0 bridgehead atoms. The highest BCUT2D eigenvalue weighted by Crippen LogP contribution is 2.27. The van der Waals surface area contributed by atoms with Crippen molar-refractivity contribution in [2.75, 3.05) is 25.5 Å². The van der Waals surface area contributed by atoms with Gasteiger partial charge in [-0.2, -0.15) is 0 Å². The maximum absolute atomic E-state index is 13.7. The van der Waals surface area contributed by atoms with Gasteiger partial charge in [0.05, 0.1) is 18.7 Å². The second-order valence-corrected chi connectivity index (χ2v) is 6.09. The number of rotatable bonds is 7. The van der Waals surface area contributed by atoms with Crippen molar-refractivity contribution in [2.45, 2.75) is 13.3 Å². The fraction of sp³-hybridized carbons (Fsp3) is 0.263. The first kappa shape index (κ1) is 19.7. The normalized spacial score (nSPS) is 10.3. The van der Waals surface area contributed by atoms with Crippen molar-refractivity contribution in [1.82, 2.24) is 4.90 Å². The lowest BCUT2D eigenvalue weighted by molar-refractivity contribution is -0.132. The molecule has 0 fully saturated rings. The maximum Gasteiger partial charge on any atom is 0.243 e. The van der Waals surface area contributed by atoms with Gasteiger partial charge in [0, 0.05) is 19.2 Å². The third-order valence-electron chi connectivity index (χ3n) is 3.82. The van der Waals surface area contributed by atoms with Crippen molar-refractivity contribution in [1.29, 1.82) is 0 Å². The molecule has 26 heavy (non-hydrogen) atoms. The summed E-state index contributed by atoms with van der Waals surface area (Å²) < 4.78 is 18.7. The van der Waals surface area contributed by atoms with Crippen LogP contribution in [0.4, 0.5) is 10.1 Å². The summed E-state index contributed by atoms with van der Waals surface area (Å²) in [6.45, 7) is 1.49. The van der Waals surface area contributed by atoms with Gasteiger partial charge in [-0.15, -0.1) is 0 Å². The minimum Gasteiger partial charge on any atom is -0.495 e. The molecule has 0 aliphatic carbocycles. The number of amides is 2. The fourth-order valence-electron chi connectivity index (χ4n) is 2.42. The van der Waals surface area contributed by atoms with E-state index in [4.69, 9.17) is 16.3 Å². The molecule has 0 unspecified atom stereocenters. The van der Waals surface area contributed by atoms with Crippen LogP contribution in [0.3, 0.4) is 0 Å². The molecule has 0 spiro atoms. The van der Waals surface area contributed by atoms with E-state index in [1.54, 1.807) is 36.4 Å². The zero-order valence-corrected chi connectivity index (χ0v) is 15.3. The highest BCUT2D eigenvalue weighted by molar-refractivity contribution is 6.32. The molecule has 1 N–H and O–H groups in total. The molecule has 0 saturated carbocycles. The molecule has 138 valence electrons. The number of nitrogens with one attached hydrogen (secondary N) is 1. The molecule has 2 aromatic rings. The van der Waals surface area contributed by atoms with Gasteiger partial charge in [0.1, 0.15) is 11.6 Å². The molecule has 0 radical (unpaired) electrons. The Morgan fingerprint density at radius 1 is 1.23 bits per heavy atom.